The van der Waals surface area contributed by atoms with Gasteiger partial charge in [-0.25, -0.2) is 4.79 Å². The number of carbonyl (C=O) groups excluding carboxylic acids is 2. The van der Waals surface area contributed by atoms with Crippen LogP contribution in [0.25, 0.3) is 0 Å². The molecular weight excluding hydrogens is 342 g/mol. The van der Waals surface area contributed by atoms with Gasteiger partial charge in [0.05, 0.1) is 6.10 Å². The van der Waals surface area contributed by atoms with Gasteiger partial charge in [-0.3, -0.25) is 4.79 Å². The van der Waals surface area contributed by atoms with Gasteiger partial charge < -0.3 is 14.8 Å². The highest BCUT2D eigenvalue weighted by Crippen LogP contribution is 2.20. The molecule has 0 saturated heterocycles. The van der Waals surface area contributed by atoms with Crippen LogP contribution in [-0.4, -0.2) is 24.1 Å². The third-order valence-electron chi connectivity index (χ3n) is 4.51. The van der Waals surface area contributed by atoms with Gasteiger partial charge in [0.2, 0.25) is 0 Å². The minimum absolute atomic E-state index is 0.139. The van der Waals surface area contributed by atoms with Gasteiger partial charge in [-0.2, -0.15) is 0 Å². The van der Waals surface area contributed by atoms with Crippen molar-refractivity contribution in [1.29, 1.82) is 0 Å². The summed E-state index contributed by atoms with van der Waals surface area (Å²) in [7, 11) is 0. The van der Waals surface area contributed by atoms with Gasteiger partial charge in [-0.1, -0.05) is 19.1 Å². The molecule has 0 radical (unpaired) electrons. The van der Waals surface area contributed by atoms with E-state index in [1.54, 1.807) is 31.2 Å². The average molecular weight is 369 g/mol. The van der Waals surface area contributed by atoms with Crippen LogP contribution in [0.3, 0.4) is 0 Å². The van der Waals surface area contributed by atoms with Gasteiger partial charge in [0, 0.05) is 11.3 Å². The molecule has 2 aromatic carbocycles. The first-order valence-corrected chi connectivity index (χ1v) is 9.16. The summed E-state index contributed by atoms with van der Waals surface area (Å²) < 4.78 is 10.9. The van der Waals surface area contributed by atoms with Crippen LogP contribution < -0.4 is 10.1 Å². The Morgan fingerprint density at radius 2 is 1.70 bits per heavy atom. The first kappa shape index (κ1) is 20.5. The Morgan fingerprint density at radius 3 is 2.33 bits per heavy atom. The molecule has 144 valence electrons. The molecule has 0 fully saturated rings. The fraction of sp³-hybridized carbons (Fsp3) is 0.364. The summed E-state index contributed by atoms with van der Waals surface area (Å²) in [6.07, 6.45) is -0.101. The van der Waals surface area contributed by atoms with Crippen molar-refractivity contribution >= 4 is 17.6 Å². The van der Waals surface area contributed by atoms with Crippen LogP contribution in [0.15, 0.2) is 42.5 Å². The lowest BCUT2D eigenvalue weighted by Gasteiger charge is -2.17. The van der Waals surface area contributed by atoms with E-state index >= 15 is 0 Å². The molecular formula is C22H27NO4. The smallest absolute Gasteiger partial charge is 0.347 e. The Hall–Kier alpha value is -2.82. The monoisotopic (exact) mass is 369 g/mol. The Kier molecular flexibility index (Phi) is 6.99. The van der Waals surface area contributed by atoms with Crippen LogP contribution in [0.1, 0.15) is 48.7 Å². The molecule has 1 N–H and O–H groups in total. The molecule has 0 bridgehead atoms. The molecule has 5 heteroatoms. The summed E-state index contributed by atoms with van der Waals surface area (Å²) in [4.78, 5) is 24.4. The highest BCUT2D eigenvalue weighted by atomic mass is 16.6. The van der Waals surface area contributed by atoms with E-state index in [1.807, 2.05) is 45.9 Å². The maximum absolute atomic E-state index is 12.4. The predicted octanol–water partition coefficient (Wildman–Crippen LogP) is 4.66. The first-order chi connectivity index (χ1) is 12.8. The van der Waals surface area contributed by atoms with E-state index in [9.17, 15) is 9.59 Å². The van der Waals surface area contributed by atoms with Gasteiger partial charge in [-0.15, -0.1) is 0 Å². The van der Waals surface area contributed by atoms with E-state index in [4.69, 9.17) is 9.47 Å². The lowest BCUT2D eigenvalue weighted by molar-refractivity contribution is -0.155. The Balaban J connectivity index is 1.99. The predicted molar refractivity (Wildman–Crippen MR) is 106 cm³/mol. The number of hydrogen-bond acceptors (Lipinski definition) is 4. The summed E-state index contributed by atoms with van der Waals surface area (Å²) in [5, 5.41) is 2.92. The highest BCUT2D eigenvalue weighted by Gasteiger charge is 2.18. The number of rotatable bonds is 7. The summed E-state index contributed by atoms with van der Waals surface area (Å²) in [5.74, 6) is -0.0903. The molecule has 0 unspecified atom stereocenters. The van der Waals surface area contributed by atoms with Crippen LogP contribution in [0.2, 0.25) is 0 Å². The molecule has 0 aliphatic carbocycles. The average Bonchev–Trinajstić information content (AvgIpc) is 2.65. The number of aryl methyl sites for hydroxylation is 1. The SMILES string of the molecule is CC[C@@H](C)OC(=O)[C@@H](C)Oc1ccc(C(=O)Nc2cccc(C)c2C)cc1. The van der Waals surface area contributed by atoms with Gasteiger partial charge in [0.15, 0.2) is 6.10 Å². The highest BCUT2D eigenvalue weighted by molar-refractivity contribution is 6.04. The lowest BCUT2D eigenvalue weighted by atomic mass is 10.1. The zero-order chi connectivity index (χ0) is 20.0. The van der Waals surface area contributed by atoms with Crippen LogP contribution in [0.4, 0.5) is 5.69 Å². The zero-order valence-corrected chi connectivity index (χ0v) is 16.5. The van der Waals surface area contributed by atoms with Gasteiger partial charge in [0.1, 0.15) is 5.75 Å². The minimum Gasteiger partial charge on any atom is -0.479 e. The molecule has 2 rings (SSSR count). The number of nitrogens with one attached hydrogen (secondary N) is 1. The van der Waals surface area contributed by atoms with Crippen molar-refractivity contribution in [2.75, 3.05) is 5.32 Å². The summed E-state index contributed by atoms with van der Waals surface area (Å²) in [6.45, 7) is 9.41. The summed E-state index contributed by atoms with van der Waals surface area (Å²) in [6, 6.07) is 12.5. The van der Waals surface area contributed by atoms with Crippen molar-refractivity contribution < 1.29 is 19.1 Å². The number of hydrogen-bond donors (Lipinski definition) is 1. The standard InChI is InChI=1S/C22H27NO4/c1-6-15(3)26-22(25)17(5)27-19-12-10-18(11-13-19)21(24)23-20-9-7-8-14(2)16(20)4/h7-13,15,17H,6H2,1-5H3,(H,23,24)/t15-,17-/m1/s1. The van der Waals surface area contributed by atoms with Crippen LogP contribution >= 0.6 is 0 Å². The number of ether oxygens (including phenoxy) is 2. The third-order valence-corrected chi connectivity index (χ3v) is 4.51. The van der Waals surface area contributed by atoms with Gasteiger partial charge in [-0.05, 0) is 75.6 Å². The molecule has 2 aromatic rings. The quantitative estimate of drug-likeness (QED) is 0.721. The second-order valence-corrected chi connectivity index (χ2v) is 6.64. The van der Waals surface area contributed by atoms with Crippen LogP contribution in [0, 0.1) is 13.8 Å². The second kappa shape index (κ2) is 9.21. The van der Waals surface area contributed by atoms with Crippen molar-refractivity contribution in [2.45, 2.75) is 53.2 Å². The van der Waals surface area contributed by atoms with Crippen molar-refractivity contribution in [3.05, 3.63) is 59.2 Å². The first-order valence-electron chi connectivity index (χ1n) is 9.16. The molecule has 0 aromatic heterocycles. The van der Waals surface area contributed by atoms with Gasteiger partial charge in [0.25, 0.3) is 5.91 Å². The van der Waals surface area contributed by atoms with E-state index in [0.29, 0.717) is 11.3 Å². The number of esters is 1. The number of benzene rings is 2. The van der Waals surface area contributed by atoms with E-state index < -0.39 is 12.1 Å². The Morgan fingerprint density at radius 1 is 1.04 bits per heavy atom. The van der Waals surface area contributed by atoms with Crippen molar-refractivity contribution in [2.24, 2.45) is 0 Å². The Labute approximate surface area is 160 Å². The molecule has 27 heavy (non-hydrogen) atoms. The normalized spacial score (nSPS) is 12.8. The molecule has 2 atom stereocenters. The van der Waals surface area contributed by atoms with Crippen molar-refractivity contribution in [3.63, 3.8) is 0 Å². The second-order valence-electron chi connectivity index (χ2n) is 6.64. The van der Waals surface area contributed by atoms with Crippen LogP contribution in [0.5, 0.6) is 5.75 Å². The maximum atomic E-state index is 12.4. The van der Waals surface area contributed by atoms with Crippen molar-refractivity contribution in [1.82, 2.24) is 0 Å². The summed E-state index contributed by atoms with van der Waals surface area (Å²) >= 11 is 0. The molecule has 0 heterocycles. The Bertz CT molecular complexity index is 798. The molecule has 0 aliphatic heterocycles. The summed E-state index contributed by atoms with van der Waals surface area (Å²) in [5.41, 5.74) is 3.47. The molecule has 0 saturated carbocycles. The molecule has 5 nitrogen and oxygen atoms in total. The molecule has 0 aliphatic rings. The van der Waals surface area contributed by atoms with Gasteiger partial charge >= 0.3 is 5.97 Å². The number of amides is 1. The maximum Gasteiger partial charge on any atom is 0.347 e. The largest absolute Gasteiger partial charge is 0.479 e. The molecule has 0 spiro atoms. The van der Waals surface area contributed by atoms with E-state index in [0.717, 1.165) is 23.2 Å². The van der Waals surface area contributed by atoms with E-state index in [-0.39, 0.29) is 12.0 Å². The minimum atomic E-state index is -0.714. The third kappa shape index (κ3) is 5.58. The number of carbonyl (C=O) groups is 2. The fourth-order valence-corrected chi connectivity index (χ4v) is 2.40. The lowest BCUT2D eigenvalue weighted by Crippen LogP contribution is -2.29. The number of anilines is 1. The van der Waals surface area contributed by atoms with E-state index in [2.05, 4.69) is 5.32 Å². The zero-order valence-electron chi connectivity index (χ0n) is 16.5. The topological polar surface area (TPSA) is 64.6 Å². The van der Waals surface area contributed by atoms with Crippen molar-refractivity contribution in [3.8, 4) is 5.75 Å². The fourth-order valence-electron chi connectivity index (χ4n) is 2.40. The van der Waals surface area contributed by atoms with Crippen LogP contribution in [-0.2, 0) is 9.53 Å². The van der Waals surface area contributed by atoms with E-state index in [1.165, 1.54) is 0 Å². The molecule has 1 amide bonds.